The van der Waals surface area contributed by atoms with E-state index in [0.717, 1.165) is 0 Å². The molecule has 1 aromatic rings. The molecule has 3 N–H and O–H groups in total. The molecule has 1 rings (SSSR count). The topological polar surface area (TPSA) is 67.5 Å². The molecule has 0 aliphatic heterocycles. The summed E-state index contributed by atoms with van der Waals surface area (Å²) >= 11 is 0. The SMILES string of the molecule is CCNS(=O)(=N[Si](C)(C)C(C)(C)C)c1ccc(N)cc1. The van der Waals surface area contributed by atoms with E-state index in [0.29, 0.717) is 17.1 Å². The molecule has 0 aliphatic carbocycles. The van der Waals surface area contributed by atoms with E-state index in [2.05, 4.69) is 38.6 Å². The van der Waals surface area contributed by atoms with Gasteiger partial charge in [-0.3, -0.25) is 4.03 Å². The zero-order valence-electron chi connectivity index (χ0n) is 13.4. The van der Waals surface area contributed by atoms with Crippen LogP contribution in [-0.4, -0.2) is 19.0 Å². The van der Waals surface area contributed by atoms with Crippen LogP contribution < -0.4 is 10.5 Å². The minimum atomic E-state index is -2.59. The van der Waals surface area contributed by atoms with Crippen molar-refractivity contribution in [3.8, 4) is 0 Å². The summed E-state index contributed by atoms with van der Waals surface area (Å²) in [4.78, 5) is 0.707. The maximum Gasteiger partial charge on any atom is 0.195 e. The van der Waals surface area contributed by atoms with Gasteiger partial charge >= 0.3 is 0 Å². The standard InChI is InChI=1S/C14H27N3OSSi/c1-7-16-19(18,13-10-8-12(15)9-11-13)17-20(5,6)14(2,3)4/h8-11H,7,15H2,1-6H3,(H,16,17,18). The summed E-state index contributed by atoms with van der Waals surface area (Å²) in [5.74, 6) is 0. The Balaban J connectivity index is 3.43. The molecule has 4 nitrogen and oxygen atoms in total. The first-order valence-electron chi connectivity index (χ1n) is 6.90. The van der Waals surface area contributed by atoms with Crippen LogP contribution in [0.3, 0.4) is 0 Å². The minimum Gasteiger partial charge on any atom is -0.399 e. The molecule has 0 aliphatic rings. The lowest BCUT2D eigenvalue weighted by atomic mass is 10.2. The fourth-order valence-corrected chi connectivity index (χ4v) is 6.88. The van der Waals surface area contributed by atoms with Crippen molar-refractivity contribution in [1.82, 2.24) is 4.72 Å². The molecule has 0 bridgehead atoms. The largest absolute Gasteiger partial charge is 0.399 e. The number of hydrogen-bond acceptors (Lipinski definition) is 3. The second-order valence-electron chi connectivity index (χ2n) is 6.49. The quantitative estimate of drug-likeness (QED) is 0.658. The van der Waals surface area contributed by atoms with E-state index in [1.54, 1.807) is 24.3 Å². The van der Waals surface area contributed by atoms with Crippen LogP contribution in [0.15, 0.2) is 33.2 Å². The van der Waals surface area contributed by atoms with Crippen LogP contribution in [0.2, 0.25) is 18.1 Å². The predicted octanol–water partition coefficient (Wildman–Crippen LogP) is 3.63. The molecular formula is C14H27N3OSSi. The molecule has 0 amide bonds. The van der Waals surface area contributed by atoms with E-state index in [1.807, 2.05) is 6.92 Å². The summed E-state index contributed by atoms with van der Waals surface area (Å²) in [7, 11) is -4.61. The van der Waals surface area contributed by atoms with Gasteiger partial charge in [-0.05, 0) is 42.4 Å². The lowest BCUT2D eigenvalue weighted by Gasteiger charge is -2.33. The van der Waals surface area contributed by atoms with E-state index in [9.17, 15) is 4.21 Å². The van der Waals surface area contributed by atoms with E-state index in [1.165, 1.54) is 0 Å². The van der Waals surface area contributed by atoms with Crippen LogP contribution in [0.1, 0.15) is 27.7 Å². The van der Waals surface area contributed by atoms with Gasteiger partial charge in [0, 0.05) is 12.2 Å². The van der Waals surface area contributed by atoms with Crippen molar-refractivity contribution < 1.29 is 4.21 Å². The molecule has 1 aromatic carbocycles. The van der Waals surface area contributed by atoms with Crippen LogP contribution in [0.25, 0.3) is 0 Å². The van der Waals surface area contributed by atoms with Gasteiger partial charge in [-0.25, -0.2) is 8.93 Å². The van der Waals surface area contributed by atoms with Crippen molar-refractivity contribution in [3.05, 3.63) is 24.3 Å². The van der Waals surface area contributed by atoms with Gasteiger partial charge in [0.15, 0.2) is 8.24 Å². The first-order chi connectivity index (χ1) is 9.02. The summed E-state index contributed by atoms with van der Waals surface area (Å²) in [6.45, 7) is 13.4. The molecular weight excluding hydrogens is 286 g/mol. The highest BCUT2D eigenvalue weighted by atomic mass is 32.2. The lowest BCUT2D eigenvalue weighted by molar-refractivity contribution is 0.665. The van der Waals surface area contributed by atoms with Crippen LogP contribution >= 0.6 is 0 Å². The normalized spacial score (nSPS) is 15.7. The average molecular weight is 314 g/mol. The summed E-state index contributed by atoms with van der Waals surface area (Å²) < 4.78 is 21.2. The zero-order valence-corrected chi connectivity index (χ0v) is 15.2. The highest BCUT2D eigenvalue weighted by Crippen LogP contribution is 2.38. The van der Waals surface area contributed by atoms with Crippen molar-refractivity contribution >= 4 is 23.8 Å². The van der Waals surface area contributed by atoms with E-state index < -0.39 is 18.2 Å². The smallest absolute Gasteiger partial charge is 0.195 e. The molecule has 0 spiro atoms. The van der Waals surface area contributed by atoms with Gasteiger partial charge in [-0.15, -0.1) is 0 Å². The maximum atomic E-state index is 13.3. The first kappa shape index (κ1) is 17.2. The molecule has 1 unspecified atom stereocenters. The number of nitrogens with one attached hydrogen (secondary N) is 1. The lowest BCUT2D eigenvalue weighted by Crippen LogP contribution is -2.38. The third-order valence-electron chi connectivity index (χ3n) is 3.73. The number of hydrogen-bond donors (Lipinski definition) is 2. The number of rotatable bonds is 4. The van der Waals surface area contributed by atoms with Crippen LogP contribution in [-0.2, 0) is 9.92 Å². The van der Waals surface area contributed by atoms with Gasteiger partial charge in [0.2, 0.25) is 0 Å². The van der Waals surface area contributed by atoms with Gasteiger partial charge in [0.25, 0.3) is 0 Å². The highest BCUT2D eigenvalue weighted by molar-refractivity contribution is 7.92. The first-order valence-corrected chi connectivity index (χ1v) is 11.4. The Hall–Kier alpha value is -0.853. The predicted molar refractivity (Wildman–Crippen MR) is 90.6 cm³/mol. The molecule has 0 saturated heterocycles. The molecule has 6 heteroatoms. The van der Waals surface area contributed by atoms with Crippen molar-refractivity contribution in [2.45, 2.75) is 50.7 Å². The number of nitrogens with two attached hydrogens (primary N) is 1. The Morgan fingerprint density at radius 3 is 2.15 bits per heavy atom. The van der Waals surface area contributed by atoms with E-state index >= 15 is 0 Å². The maximum absolute atomic E-state index is 13.3. The fourth-order valence-electron chi connectivity index (χ4n) is 1.47. The molecule has 0 fully saturated rings. The Kier molecular flexibility index (Phi) is 5.05. The number of nitrogens with zero attached hydrogens (tertiary/aromatic N) is 1. The fraction of sp³-hybridized carbons (Fsp3) is 0.571. The van der Waals surface area contributed by atoms with Gasteiger partial charge in [0.1, 0.15) is 9.92 Å². The van der Waals surface area contributed by atoms with E-state index in [-0.39, 0.29) is 5.04 Å². The Labute approximate surface area is 124 Å². The van der Waals surface area contributed by atoms with E-state index in [4.69, 9.17) is 9.76 Å². The second-order valence-corrected chi connectivity index (χ2v) is 13.7. The zero-order chi connectivity index (χ0) is 15.6. The molecule has 0 saturated carbocycles. The van der Waals surface area contributed by atoms with Gasteiger partial charge in [-0.2, -0.15) is 0 Å². The molecule has 0 aromatic heterocycles. The summed E-state index contributed by atoms with van der Waals surface area (Å²) in [6, 6.07) is 7.15. The molecule has 0 radical (unpaired) electrons. The Morgan fingerprint density at radius 1 is 1.25 bits per heavy atom. The number of benzene rings is 1. The third kappa shape index (κ3) is 3.83. The molecule has 114 valence electrons. The number of anilines is 1. The van der Waals surface area contributed by atoms with Crippen molar-refractivity contribution in [1.29, 1.82) is 0 Å². The summed E-state index contributed by atoms with van der Waals surface area (Å²) in [5, 5.41) is 0.0545. The summed E-state index contributed by atoms with van der Waals surface area (Å²) in [5.41, 5.74) is 6.37. The van der Waals surface area contributed by atoms with Gasteiger partial charge in [0.05, 0.1) is 4.90 Å². The Bertz CT molecular complexity index is 567. The van der Waals surface area contributed by atoms with Crippen molar-refractivity contribution in [2.24, 2.45) is 4.03 Å². The highest BCUT2D eigenvalue weighted by Gasteiger charge is 2.37. The molecule has 20 heavy (non-hydrogen) atoms. The minimum absolute atomic E-state index is 0.0545. The third-order valence-corrected chi connectivity index (χ3v) is 11.8. The Morgan fingerprint density at radius 2 is 1.75 bits per heavy atom. The molecule has 1 atom stereocenters. The average Bonchev–Trinajstić information content (AvgIpc) is 2.27. The monoisotopic (exact) mass is 313 g/mol. The molecule has 0 heterocycles. The summed E-state index contributed by atoms with van der Waals surface area (Å²) in [6.07, 6.45) is 0. The van der Waals surface area contributed by atoms with Crippen molar-refractivity contribution in [3.63, 3.8) is 0 Å². The van der Waals surface area contributed by atoms with Crippen LogP contribution in [0.4, 0.5) is 5.69 Å². The van der Waals surface area contributed by atoms with Crippen molar-refractivity contribution in [2.75, 3.05) is 12.3 Å². The number of nitrogen functional groups attached to an aromatic ring is 1. The van der Waals surface area contributed by atoms with Crippen LogP contribution in [0.5, 0.6) is 0 Å². The van der Waals surface area contributed by atoms with Gasteiger partial charge < -0.3 is 5.73 Å². The van der Waals surface area contributed by atoms with Gasteiger partial charge in [-0.1, -0.05) is 27.7 Å². The second kappa shape index (κ2) is 5.87. The van der Waals surface area contributed by atoms with Crippen LogP contribution in [0, 0.1) is 0 Å².